The molecule has 0 heterocycles. The van der Waals surface area contributed by atoms with Crippen LogP contribution in [0.5, 0.6) is 0 Å². The normalized spacial score (nSPS) is 24.6. The van der Waals surface area contributed by atoms with Crippen LogP contribution >= 0.6 is 0 Å². The number of nitrogens with zero attached hydrogens (tertiary/aromatic N) is 1. The van der Waals surface area contributed by atoms with Gasteiger partial charge in [-0.05, 0) is 36.8 Å². The Kier molecular flexibility index (Phi) is 4.06. The molecule has 1 N–H and O–H groups in total. The second kappa shape index (κ2) is 5.54. The van der Waals surface area contributed by atoms with Crippen molar-refractivity contribution < 1.29 is 5.11 Å². The van der Waals surface area contributed by atoms with E-state index in [0.717, 1.165) is 12.8 Å². The summed E-state index contributed by atoms with van der Waals surface area (Å²) in [5.74, 6) is 0.449. The van der Waals surface area contributed by atoms with E-state index in [4.69, 9.17) is 0 Å². The number of aliphatic hydroxyl groups is 1. The summed E-state index contributed by atoms with van der Waals surface area (Å²) < 4.78 is 0. The largest absolute Gasteiger partial charge is 0.393 e. The van der Waals surface area contributed by atoms with Gasteiger partial charge in [0, 0.05) is 19.8 Å². The van der Waals surface area contributed by atoms with Gasteiger partial charge in [-0.15, -0.1) is 0 Å². The van der Waals surface area contributed by atoms with Crippen molar-refractivity contribution >= 4 is 5.69 Å². The summed E-state index contributed by atoms with van der Waals surface area (Å²) in [6.45, 7) is 0. The Morgan fingerprint density at radius 2 is 1.88 bits per heavy atom. The molecule has 2 unspecified atom stereocenters. The number of benzene rings is 1. The zero-order chi connectivity index (χ0) is 12.3. The third-order valence-electron chi connectivity index (χ3n) is 3.82. The zero-order valence-electron chi connectivity index (χ0n) is 10.9. The molecule has 1 fully saturated rings. The van der Waals surface area contributed by atoms with Gasteiger partial charge in [0.05, 0.1) is 6.10 Å². The quantitative estimate of drug-likeness (QED) is 0.867. The molecule has 1 aromatic carbocycles. The number of aliphatic hydroxyl groups excluding tert-OH is 1. The van der Waals surface area contributed by atoms with Crippen molar-refractivity contribution in [3.05, 3.63) is 29.8 Å². The zero-order valence-corrected chi connectivity index (χ0v) is 10.9. The van der Waals surface area contributed by atoms with Crippen molar-refractivity contribution in [3.63, 3.8) is 0 Å². The minimum atomic E-state index is -0.0982. The van der Waals surface area contributed by atoms with E-state index < -0.39 is 0 Å². The predicted octanol–water partition coefficient (Wildman–Crippen LogP) is 2.85. The van der Waals surface area contributed by atoms with Crippen LogP contribution in [0, 0.1) is 5.92 Å². The summed E-state index contributed by atoms with van der Waals surface area (Å²) >= 11 is 0. The Bertz CT molecular complexity index is 362. The molecule has 2 heteroatoms. The fourth-order valence-electron chi connectivity index (χ4n) is 2.83. The Hall–Kier alpha value is -1.02. The second-order valence-electron chi connectivity index (χ2n) is 5.34. The van der Waals surface area contributed by atoms with Crippen LogP contribution in [-0.4, -0.2) is 25.3 Å². The highest BCUT2D eigenvalue weighted by atomic mass is 16.3. The van der Waals surface area contributed by atoms with Crippen LogP contribution < -0.4 is 4.90 Å². The molecule has 17 heavy (non-hydrogen) atoms. The minimum absolute atomic E-state index is 0.0982. The molecule has 0 bridgehead atoms. The Labute approximate surface area is 104 Å². The minimum Gasteiger partial charge on any atom is -0.393 e. The molecule has 0 radical (unpaired) electrons. The maximum Gasteiger partial charge on any atom is 0.0571 e. The van der Waals surface area contributed by atoms with Gasteiger partial charge in [-0.2, -0.15) is 0 Å². The third kappa shape index (κ3) is 3.01. The third-order valence-corrected chi connectivity index (χ3v) is 3.82. The highest BCUT2D eigenvalue weighted by molar-refractivity contribution is 5.52. The molecule has 0 spiro atoms. The van der Waals surface area contributed by atoms with Crippen LogP contribution in [0.4, 0.5) is 5.69 Å². The highest BCUT2D eigenvalue weighted by Crippen LogP contribution is 2.30. The molecular formula is C15H23NO. The van der Waals surface area contributed by atoms with Crippen LogP contribution in [-0.2, 0) is 6.42 Å². The van der Waals surface area contributed by atoms with Crippen molar-refractivity contribution in [3.8, 4) is 0 Å². The number of anilines is 1. The molecule has 1 saturated carbocycles. The van der Waals surface area contributed by atoms with Crippen LogP contribution in [0.25, 0.3) is 0 Å². The lowest BCUT2D eigenvalue weighted by molar-refractivity contribution is 0.0701. The molecule has 2 nitrogen and oxygen atoms in total. The summed E-state index contributed by atoms with van der Waals surface area (Å²) in [6.07, 6.45) is 5.52. The van der Waals surface area contributed by atoms with Crippen molar-refractivity contribution in [2.75, 3.05) is 19.0 Å². The average molecular weight is 233 g/mol. The molecule has 1 aromatic rings. The molecule has 1 aliphatic carbocycles. The van der Waals surface area contributed by atoms with E-state index in [0.29, 0.717) is 5.92 Å². The number of rotatable bonds is 3. The molecule has 2 atom stereocenters. The monoisotopic (exact) mass is 233 g/mol. The van der Waals surface area contributed by atoms with E-state index in [9.17, 15) is 5.11 Å². The Balaban J connectivity index is 2.12. The average Bonchev–Trinajstić information content (AvgIpc) is 2.32. The van der Waals surface area contributed by atoms with Crippen molar-refractivity contribution in [1.82, 2.24) is 0 Å². The van der Waals surface area contributed by atoms with Gasteiger partial charge in [-0.25, -0.2) is 0 Å². The first kappa shape index (κ1) is 12.4. The maximum atomic E-state index is 10.0. The molecule has 0 aromatic heterocycles. The molecule has 0 saturated heterocycles. The lowest BCUT2D eigenvalue weighted by atomic mass is 9.82. The van der Waals surface area contributed by atoms with Gasteiger partial charge in [0.2, 0.25) is 0 Å². The van der Waals surface area contributed by atoms with E-state index in [-0.39, 0.29) is 6.10 Å². The molecule has 2 rings (SSSR count). The van der Waals surface area contributed by atoms with Crippen LogP contribution in [0.3, 0.4) is 0 Å². The van der Waals surface area contributed by atoms with Gasteiger partial charge >= 0.3 is 0 Å². The highest BCUT2D eigenvalue weighted by Gasteiger charge is 2.23. The summed E-state index contributed by atoms with van der Waals surface area (Å²) in [5.41, 5.74) is 2.65. The lowest BCUT2D eigenvalue weighted by Gasteiger charge is -2.29. The summed E-state index contributed by atoms with van der Waals surface area (Å²) in [6, 6.07) is 8.52. The van der Waals surface area contributed by atoms with Gasteiger partial charge < -0.3 is 10.0 Å². The number of hydrogen-bond acceptors (Lipinski definition) is 2. The van der Waals surface area contributed by atoms with E-state index in [1.54, 1.807) is 0 Å². The Morgan fingerprint density at radius 3 is 2.59 bits per heavy atom. The van der Waals surface area contributed by atoms with Crippen molar-refractivity contribution in [2.24, 2.45) is 5.92 Å². The Morgan fingerprint density at radius 1 is 1.18 bits per heavy atom. The van der Waals surface area contributed by atoms with Gasteiger partial charge in [-0.3, -0.25) is 0 Å². The van der Waals surface area contributed by atoms with E-state index in [1.165, 1.54) is 30.5 Å². The summed E-state index contributed by atoms with van der Waals surface area (Å²) in [7, 11) is 4.16. The van der Waals surface area contributed by atoms with Gasteiger partial charge in [-0.1, -0.05) is 31.0 Å². The van der Waals surface area contributed by atoms with Crippen LogP contribution in [0.2, 0.25) is 0 Å². The summed E-state index contributed by atoms with van der Waals surface area (Å²) in [5, 5.41) is 10.0. The smallest absolute Gasteiger partial charge is 0.0571 e. The van der Waals surface area contributed by atoms with Gasteiger partial charge in [0.15, 0.2) is 0 Å². The SMILES string of the molecule is CN(C)c1ccccc1CC1CCCCC1O. The first-order chi connectivity index (χ1) is 8.18. The molecule has 1 aliphatic rings. The summed E-state index contributed by atoms with van der Waals surface area (Å²) in [4.78, 5) is 2.16. The van der Waals surface area contributed by atoms with Crippen molar-refractivity contribution in [2.45, 2.75) is 38.2 Å². The van der Waals surface area contributed by atoms with Crippen LogP contribution in [0.15, 0.2) is 24.3 Å². The second-order valence-corrected chi connectivity index (χ2v) is 5.34. The van der Waals surface area contributed by atoms with Crippen LogP contribution in [0.1, 0.15) is 31.2 Å². The van der Waals surface area contributed by atoms with E-state index >= 15 is 0 Å². The maximum absolute atomic E-state index is 10.0. The topological polar surface area (TPSA) is 23.5 Å². The molecular weight excluding hydrogens is 210 g/mol. The first-order valence-electron chi connectivity index (χ1n) is 6.62. The van der Waals surface area contributed by atoms with Gasteiger partial charge in [0.25, 0.3) is 0 Å². The fraction of sp³-hybridized carbons (Fsp3) is 0.600. The number of para-hydroxylation sites is 1. The van der Waals surface area contributed by atoms with E-state index in [1.807, 2.05) is 0 Å². The van der Waals surface area contributed by atoms with Crippen molar-refractivity contribution in [1.29, 1.82) is 0 Å². The van der Waals surface area contributed by atoms with E-state index in [2.05, 4.69) is 43.3 Å². The lowest BCUT2D eigenvalue weighted by Crippen LogP contribution is -2.26. The first-order valence-corrected chi connectivity index (χ1v) is 6.62. The number of hydrogen-bond donors (Lipinski definition) is 1. The molecule has 94 valence electrons. The predicted molar refractivity (Wildman–Crippen MR) is 72.4 cm³/mol. The molecule has 0 amide bonds. The molecule has 0 aliphatic heterocycles. The van der Waals surface area contributed by atoms with Gasteiger partial charge in [0.1, 0.15) is 0 Å². The standard InChI is InChI=1S/C15H23NO/c1-16(2)14-9-5-3-7-12(14)11-13-8-4-6-10-15(13)17/h3,5,7,9,13,15,17H,4,6,8,10-11H2,1-2H3. The fourth-order valence-corrected chi connectivity index (χ4v) is 2.83.